The second kappa shape index (κ2) is 8.34. The van der Waals surface area contributed by atoms with Gasteiger partial charge in [-0.1, -0.05) is 67.6 Å². The third-order valence-electron chi connectivity index (χ3n) is 4.55. The minimum atomic E-state index is -1.37. The van der Waals surface area contributed by atoms with Crippen molar-refractivity contribution in [2.45, 2.75) is 43.9 Å². The summed E-state index contributed by atoms with van der Waals surface area (Å²) < 4.78 is 0. The van der Waals surface area contributed by atoms with Gasteiger partial charge in [-0.3, -0.25) is 9.59 Å². The van der Waals surface area contributed by atoms with E-state index >= 15 is 0 Å². The largest absolute Gasteiger partial charge is 0.481 e. The van der Waals surface area contributed by atoms with Gasteiger partial charge in [0, 0.05) is 6.42 Å². The Balaban J connectivity index is 2.22. The number of carbonyl (C=O) groups is 2. The summed E-state index contributed by atoms with van der Waals surface area (Å²) in [7, 11) is 0. The summed E-state index contributed by atoms with van der Waals surface area (Å²) in [4.78, 5) is 22.6. The van der Waals surface area contributed by atoms with Crippen molar-refractivity contribution < 1.29 is 19.8 Å². The number of aliphatic carboxylic acids is 2. The average molecular weight is 338 g/mol. The van der Waals surface area contributed by atoms with Crippen LogP contribution in [0.5, 0.6) is 0 Å². The molecule has 1 unspecified atom stereocenters. The van der Waals surface area contributed by atoms with Crippen molar-refractivity contribution in [3.63, 3.8) is 0 Å². The van der Waals surface area contributed by atoms with Crippen molar-refractivity contribution in [2.75, 3.05) is 0 Å². The number of terminal acetylenes is 1. The van der Waals surface area contributed by atoms with E-state index in [4.69, 9.17) is 11.5 Å². The molecule has 0 aliphatic carbocycles. The van der Waals surface area contributed by atoms with Gasteiger partial charge in [-0.25, -0.2) is 0 Å². The molecule has 2 rings (SSSR count). The Morgan fingerprint density at radius 2 is 1.64 bits per heavy atom. The molecule has 2 aromatic carbocycles. The van der Waals surface area contributed by atoms with Crippen LogP contribution in [0.2, 0.25) is 0 Å². The topological polar surface area (TPSA) is 74.6 Å². The summed E-state index contributed by atoms with van der Waals surface area (Å²) >= 11 is 0. The predicted molar refractivity (Wildman–Crippen MR) is 97.4 cm³/mol. The summed E-state index contributed by atoms with van der Waals surface area (Å²) in [6.45, 7) is 0. The van der Waals surface area contributed by atoms with E-state index in [0.717, 1.165) is 23.6 Å². The zero-order valence-electron chi connectivity index (χ0n) is 14.1. The number of fused-ring (bicyclic) bond motifs is 1. The van der Waals surface area contributed by atoms with Gasteiger partial charge in [0.2, 0.25) is 0 Å². The first-order chi connectivity index (χ1) is 12.0. The molecule has 25 heavy (non-hydrogen) atoms. The van der Waals surface area contributed by atoms with Crippen LogP contribution in [0.15, 0.2) is 42.5 Å². The Morgan fingerprint density at radius 3 is 2.32 bits per heavy atom. The molecule has 0 aliphatic heterocycles. The molecular weight excluding hydrogens is 316 g/mol. The molecule has 0 fully saturated rings. The van der Waals surface area contributed by atoms with E-state index in [1.54, 1.807) is 6.07 Å². The molecule has 4 heteroatoms. The Morgan fingerprint density at radius 1 is 0.960 bits per heavy atom. The molecule has 130 valence electrons. The SMILES string of the molecule is C#CC(CCCCCCC(=O)O)(C(=O)O)c1cccc2ccccc12. The zero-order valence-corrected chi connectivity index (χ0v) is 14.1. The highest BCUT2D eigenvalue weighted by atomic mass is 16.4. The first-order valence-corrected chi connectivity index (χ1v) is 8.42. The van der Waals surface area contributed by atoms with Crippen LogP contribution in [0.3, 0.4) is 0 Å². The molecule has 1 atom stereocenters. The van der Waals surface area contributed by atoms with Crippen molar-refractivity contribution in [3.05, 3.63) is 48.0 Å². The lowest BCUT2D eigenvalue weighted by atomic mass is 9.75. The molecular formula is C21H22O4. The summed E-state index contributed by atoms with van der Waals surface area (Å²) in [6, 6.07) is 13.2. The minimum absolute atomic E-state index is 0.141. The van der Waals surface area contributed by atoms with Crippen LogP contribution >= 0.6 is 0 Å². The summed E-state index contributed by atoms with van der Waals surface area (Å²) in [6.07, 6.45) is 8.92. The lowest BCUT2D eigenvalue weighted by molar-refractivity contribution is -0.141. The molecule has 0 radical (unpaired) electrons. The van der Waals surface area contributed by atoms with Gasteiger partial charge in [0.25, 0.3) is 0 Å². The number of carboxylic acid groups (broad SMARTS) is 2. The quantitative estimate of drug-likeness (QED) is 0.530. The first-order valence-electron chi connectivity index (χ1n) is 8.42. The molecule has 0 saturated heterocycles. The van der Waals surface area contributed by atoms with Crippen molar-refractivity contribution >= 4 is 22.7 Å². The fourth-order valence-corrected chi connectivity index (χ4v) is 3.19. The van der Waals surface area contributed by atoms with Crippen LogP contribution in [-0.4, -0.2) is 22.2 Å². The third-order valence-corrected chi connectivity index (χ3v) is 4.55. The molecule has 4 nitrogen and oxygen atoms in total. The lowest BCUT2D eigenvalue weighted by Crippen LogP contribution is -2.34. The maximum Gasteiger partial charge on any atom is 0.326 e. The highest BCUT2D eigenvalue weighted by Crippen LogP contribution is 2.35. The normalized spacial score (nSPS) is 13.1. The summed E-state index contributed by atoms with van der Waals surface area (Å²) in [5, 5.41) is 20.4. The van der Waals surface area contributed by atoms with E-state index in [0.29, 0.717) is 24.8 Å². The Bertz CT molecular complexity index is 798. The highest BCUT2D eigenvalue weighted by Gasteiger charge is 2.39. The summed E-state index contributed by atoms with van der Waals surface area (Å²) in [5.74, 6) is 0.716. The molecule has 0 saturated carbocycles. The maximum atomic E-state index is 12.1. The molecule has 2 N–H and O–H groups in total. The minimum Gasteiger partial charge on any atom is -0.481 e. The van der Waals surface area contributed by atoms with Crippen LogP contribution in [-0.2, 0) is 15.0 Å². The van der Waals surface area contributed by atoms with Crippen LogP contribution in [0.25, 0.3) is 10.8 Å². The van der Waals surface area contributed by atoms with Crippen molar-refractivity contribution in [1.29, 1.82) is 0 Å². The van der Waals surface area contributed by atoms with Gasteiger partial charge in [-0.15, -0.1) is 6.42 Å². The number of benzene rings is 2. The van der Waals surface area contributed by atoms with Gasteiger partial charge in [0.1, 0.15) is 0 Å². The van der Waals surface area contributed by atoms with Gasteiger partial charge < -0.3 is 10.2 Å². The average Bonchev–Trinajstić information content (AvgIpc) is 2.60. The maximum absolute atomic E-state index is 12.1. The lowest BCUT2D eigenvalue weighted by Gasteiger charge is -2.26. The van der Waals surface area contributed by atoms with E-state index < -0.39 is 17.4 Å². The molecule has 0 amide bonds. The van der Waals surface area contributed by atoms with E-state index in [9.17, 15) is 14.7 Å². The fourth-order valence-electron chi connectivity index (χ4n) is 3.19. The number of rotatable bonds is 9. The van der Waals surface area contributed by atoms with Gasteiger partial charge in [0.15, 0.2) is 5.41 Å². The van der Waals surface area contributed by atoms with Crippen LogP contribution in [0.4, 0.5) is 0 Å². The second-order valence-electron chi connectivity index (χ2n) is 6.19. The Kier molecular flexibility index (Phi) is 6.19. The van der Waals surface area contributed by atoms with Crippen LogP contribution in [0.1, 0.15) is 44.1 Å². The third kappa shape index (κ3) is 4.19. The van der Waals surface area contributed by atoms with E-state index in [1.165, 1.54) is 0 Å². The molecule has 0 aromatic heterocycles. The standard InChI is InChI=1S/C21H22O4/c1-2-21(20(24)25,15-8-4-3-5-14-19(22)23)18-13-9-11-16-10-6-7-12-17(16)18/h1,6-7,9-13H,3-5,8,14-15H2,(H,22,23)(H,24,25). The van der Waals surface area contributed by atoms with Gasteiger partial charge >= 0.3 is 11.9 Å². The van der Waals surface area contributed by atoms with Crippen LogP contribution < -0.4 is 0 Å². The smallest absolute Gasteiger partial charge is 0.326 e. The van der Waals surface area contributed by atoms with Crippen LogP contribution in [0, 0.1) is 12.3 Å². The Labute approximate surface area is 147 Å². The van der Waals surface area contributed by atoms with Crippen molar-refractivity contribution in [1.82, 2.24) is 0 Å². The number of unbranched alkanes of at least 4 members (excludes halogenated alkanes) is 3. The molecule has 0 heterocycles. The molecule has 0 bridgehead atoms. The number of hydrogen-bond donors (Lipinski definition) is 2. The molecule has 2 aromatic rings. The van der Waals surface area contributed by atoms with E-state index in [1.807, 2.05) is 36.4 Å². The fraction of sp³-hybridized carbons (Fsp3) is 0.333. The molecule has 0 spiro atoms. The summed E-state index contributed by atoms with van der Waals surface area (Å²) in [5.41, 5.74) is -0.723. The van der Waals surface area contributed by atoms with Crippen molar-refractivity contribution in [3.8, 4) is 12.3 Å². The van der Waals surface area contributed by atoms with Gasteiger partial charge in [-0.05, 0) is 29.2 Å². The van der Waals surface area contributed by atoms with E-state index in [-0.39, 0.29) is 6.42 Å². The van der Waals surface area contributed by atoms with Crippen molar-refractivity contribution in [2.24, 2.45) is 0 Å². The monoisotopic (exact) mass is 338 g/mol. The number of hydrogen-bond acceptors (Lipinski definition) is 2. The Hall–Kier alpha value is -2.80. The predicted octanol–water partition coefficient (Wildman–Crippen LogP) is 4.22. The van der Waals surface area contributed by atoms with Gasteiger partial charge in [0.05, 0.1) is 0 Å². The second-order valence-corrected chi connectivity index (χ2v) is 6.19. The first kappa shape index (κ1) is 18.5. The molecule has 0 aliphatic rings. The number of carboxylic acids is 2. The highest BCUT2D eigenvalue weighted by molar-refractivity contribution is 5.95. The van der Waals surface area contributed by atoms with Gasteiger partial charge in [-0.2, -0.15) is 0 Å². The van der Waals surface area contributed by atoms with E-state index in [2.05, 4.69) is 5.92 Å². The zero-order chi connectivity index (χ0) is 18.3.